The highest BCUT2D eigenvalue weighted by molar-refractivity contribution is 5.86. The van der Waals surface area contributed by atoms with Crippen LogP contribution < -0.4 is 21.9 Å². The molecule has 3 heterocycles. The molecule has 3 aromatic rings. The molecule has 5 rings (SSSR count). The first kappa shape index (κ1) is 19.6. The van der Waals surface area contributed by atoms with Crippen LogP contribution in [0.5, 0.6) is 0 Å². The molecule has 31 heavy (non-hydrogen) atoms. The molecule has 0 unspecified atom stereocenters. The summed E-state index contributed by atoms with van der Waals surface area (Å²) in [4.78, 5) is 40.2. The van der Waals surface area contributed by atoms with Gasteiger partial charge in [0.1, 0.15) is 11.5 Å². The molecule has 1 atom stereocenters. The van der Waals surface area contributed by atoms with E-state index >= 15 is 4.39 Å². The van der Waals surface area contributed by atoms with Gasteiger partial charge in [0.05, 0.1) is 22.8 Å². The van der Waals surface area contributed by atoms with Crippen molar-refractivity contribution in [3.63, 3.8) is 0 Å². The lowest BCUT2D eigenvalue weighted by Crippen LogP contribution is -2.52. The first-order chi connectivity index (χ1) is 14.8. The maximum atomic E-state index is 15.2. The number of nitrogens with zero attached hydrogens (tertiary/aromatic N) is 5. The number of hydrogen-bond donors (Lipinski definition) is 2. The summed E-state index contributed by atoms with van der Waals surface area (Å²) in [6, 6.07) is 3.68. The van der Waals surface area contributed by atoms with Gasteiger partial charge in [-0.3, -0.25) is 9.59 Å². The third kappa shape index (κ3) is 2.99. The van der Waals surface area contributed by atoms with E-state index in [0.717, 1.165) is 12.8 Å². The van der Waals surface area contributed by atoms with E-state index in [1.54, 1.807) is 17.9 Å². The molecule has 164 valence electrons. The topological polar surface area (TPSA) is 118 Å². The second kappa shape index (κ2) is 6.84. The Kier molecular flexibility index (Phi) is 4.33. The number of anilines is 1. The minimum atomic E-state index is -0.929. The van der Waals surface area contributed by atoms with Gasteiger partial charge in [0.2, 0.25) is 5.91 Å². The molecule has 1 aliphatic carbocycles. The highest BCUT2D eigenvalue weighted by atomic mass is 19.1. The Morgan fingerprint density at radius 1 is 1.13 bits per heavy atom. The van der Waals surface area contributed by atoms with Gasteiger partial charge in [-0.1, -0.05) is 4.73 Å². The molecule has 2 aliphatic rings. The highest BCUT2D eigenvalue weighted by Gasteiger charge is 2.31. The van der Waals surface area contributed by atoms with E-state index in [1.165, 1.54) is 16.5 Å². The molecule has 1 aliphatic heterocycles. The fourth-order valence-electron chi connectivity index (χ4n) is 4.38. The molecular weight excluding hydrogens is 407 g/mol. The predicted molar refractivity (Wildman–Crippen MR) is 111 cm³/mol. The molecule has 2 aromatic heterocycles. The molecule has 0 radical (unpaired) electrons. The molecule has 0 bridgehead atoms. The minimum absolute atomic E-state index is 0.0319. The summed E-state index contributed by atoms with van der Waals surface area (Å²) in [5, 5.41) is 9.78. The van der Waals surface area contributed by atoms with E-state index in [0.29, 0.717) is 48.5 Å². The largest absolute Gasteiger partial charge is 0.421 e. The zero-order chi connectivity index (χ0) is 22.0. The van der Waals surface area contributed by atoms with Gasteiger partial charge in [0, 0.05) is 44.4 Å². The van der Waals surface area contributed by atoms with Crippen molar-refractivity contribution in [2.24, 2.45) is 5.73 Å². The molecular formula is C20H23FN6O4. The van der Waals surface area contributed by atoms with Crippen LogP contribution in [0.2, 0.25) is 0 Å². The van der Waals surface area contributed by atoms with Crippen LogP contribution in [-0.2, 0) is 4.79 Å². The summed E-state index contributed by atoms with van der Waals surface area (Å²) in [5.41, 5.74) is 5.55. The number of halogens is 1. The smallest absolute Gasteiger partial charge is 0.370 e. The summed E-state index contributed by atoms with van der Waals surface area (Å²) in [7, 11) is 0. The van der Waals surface area contributed by atoms with Gasteiger partial charge < -0.3 is 25.3 Å². The Hall–Kier alpha value is -3.34. The molecule has 10 nitrogen and oxygen atoms in total. The summed E-state index contributed by atoms with van der Waals surface area (Å²) in [5.74, 6) is -0.647. The average molecular weight is 430 g/mol. The van der Waals surface area contributed by atoms with Gasteiger partial charge in [0.15, 0.2) is 0 Å². The zero-order valence-corrected chi connectivity index (χ0v) is 17.0. The third-order valence-corrected chi connectivity index (χ3v) is 6.09. The summed E-state index contributed by atoms with van der Waals surface area (Å²) in [6.07, 6.45) is 1.78. The number of piperazine rings is 1. The van der Waals surface area contributed by atoms with Crippen molar-refractivity contribution in [2.75, 3.05) is 31.1 Å². The molecule has 2 fully saturated rings. The summed E-state index contributed by atoms with van der Waals surface area (Å²) >= 11 is 0. The summed E-state index contributed by atoms with van der Waals surface area (Å²) in [6.45, 7) is 3.42. The van der Waals surface area contributed by atoms with Crippen LogP contribution in [0.1, 0.15) is 25.8 Å². The van der Waals surface area contributed by atoms with Crippen molar-refractivity contribution in [1.29, 1.82) is 0 Å². The number of imidazole rings is 1. The number of amides is 1. The average Bonchev–Trinajstić information content (AvgIpc) is 3.53. The van der Waals surface area contributed by atoms with Crippen molar-refractivity contribution in [2.45, 2.75) is 31.8 Å². The standard InChI is InChI=1S/C20H23FN6O4/c1-11(22)19(29)24-6-4-23(5-7-24)14-9-16-15(8-13(14)21)26-17(25(16)12-2-3-12)10-18(28)27(31)20(26)30/h8-12,31H,2-7,22H2,1H3/t11-/m0/s1. The molecule has 1 amide bonds. The molecule has 11 heteroatoms. The van der Waals surface area contributed by atoms with Crippen LogP contribution in [0, 0.1) is 5.82 Å². The lowest BCUT2D eigenvalue weighted by molar-refractivity contribution is -0.132. The van der Waals surface area contributed by atoms with E-state index in [4.69, 9.17) is 5.73 Å². The lowest BCUT2D eigenvalue weighted by Gasteiger charge is -2.37. The van der Waals surface area contributed by atoms with Crippen LogP contribution in [0.25, 0.3) is 16.7 Å². The number of aromatic nitrogens is 3. The lowest BCUT2D eigenvalue weighted by atomic mass is 10.2. The SMILES string of the molecule is C[C@H](N)C(=O)N1CCN(c2cc3c(cc2F)n2c(=O)n(O)c(=O)cc2n3C2CC2)CC1. The summed E-state index contributed by atoms with van der Waals surface area (Å²) < 4.78 is 18.2. The van der Waals surface area contributed by atoms with Crippen molar-refractivity contribution in [3.8, 4) is 0 Å². The number of carbonyl (C=O) groups is 1. The van der Waals surface area contributed by atoms with E-state index in [1.807, 2.05) is 9.47 Å². The molecule has 3 N–H and O–H groups in total. The molecule has 0 spiro atoms. The normalized spacial score (nSPS) is 18.2. The Balaban J connectivity index is 1.62. The quantitative estimate of drug-likeness (QED) is 0.570. The maximum Gasteiger partial charge on any atom is 0.370 e. The van der Waals surface area contributed by atoms with Gasteiger partial charge >= 0.3 is 5.69 Å². The number of benzene rings is 1. The van der Waals surface area contributed by atoms with E-state index < -0.39 is 23.1 Å². The first-order valence-corrected chi connectivity index (χ1v) is 10.3. The molecule has 1 saturated heterocycles. The number of hydrogen-bond acceptors (Lipinski definition) is 6. The second-order valence-corrected chi connectivity index (χ2v) is 8.27. The van der Waals surface area contributed by atoms with Gasteiger partial charge in [-0.05, 0) is 25.8 Å². The second-order valence-electron chi connectivity index (χ2n) is 8.27. The van der Waals surface area contributed by atoms with Crippen molar-refractivity contribution in [1.82, 2.24) is 18.6 Å². The fourth-order valence-corrected chi connectivity index (χ4v) is 4.38. The van der Waals surface area contributed by atoms with E-state index in [2.05, 4.69) is 0 Å². The zero-order valence-electron chi connectivity index (χ0n) is 17.0. The molecule has 1 aromatic carbocycles. The maximum absolute atomic E-state index is 15.2. The van der Waals surface area contributed by atoms with Crippen molar-refractivity contribution in [3.05, 3.63) is 44.9 Å². The van der Waals surface area contributed by atoms with Crippen LogP contribution in [0.4, 0.5) is 10.1 Å². The van der Waals surface area contributed by atoms with Crippen LogP contribution >= 0.6 is 0 Å². The fraction of sp³-hybridized carbons (Fsp3) is 0.450. The highest BCUT2D eigenvalue weighted by Crippen LogP contribution is 2.40. The Morgan fingerprint density at radius 3 is 2.42 bits per heavy atom. The van der Waals surface area contributed by atoms with Crippen LogP contribution in [0.3, 0.4) is 0 Å². The predicted octanol–water partition coefficient (Wildman–Crippen LogP) is 0.123. The number of fused-ring (bicyclic) bond motifs is 3. The van der Waals surface area contributed by atoms with E-state index in [-0.39, 0.29) is 16.7 Å². The number of rotatable bonds is 3. The van der Waals surface area contributed by atoms with Gasteiger partial charge in [-0.2, -0.15) is 0 Å². The van der Waals surface area contributed by atoms with Gasteiger partial charge in [-0.15, -0.1) is 0 Å². The Labute approximate surface area is 175 Å². The van der Waals surface area contributed by atoms with Crippen molar-refractivity contribution >= 4 is 28.3 Å². The first-order valence-electron chi connectivity index (χ1n) is 10.3. The van der Waals surface area contributed by atoms with Gasteiger partial charge in [0.25, 0.3) is 5.56 Å². The van der Waals surface area contributed by atoms with E-state index in [9.17, 15) is 19.6 Å². The van der Waals surface area contributed by atoms with Crippen LogP contribution in [-0.4, -0.2) is 61.9 Å². The van der Waals surface area contributed by atoms with Crippen molar-refractivity contribution < 1.29 is 14.4 Å². The number of nitrogens with two attached hydrogens (primary N) is 1. The van der Waals surface area contributed by atoms with Gasteiger partial charge in [-0.25, -0.2) is 13.6 Å². The Morgan fingerprint density at radius 2 is 1.81 bits per heavy atom. The number of carbonyl (C=O) groups excluding carboxylic acids is 1. The minimum Gasteiger partial charge on any atom is -0.421 e. The van der Waals surface area contributed by atoms with Crippen LogP contribution in [0.15, 0.2) is 27.8 Å². The monoisotopic (exact) mass is 430 g/mol. The Bertz CT molecular complexity index is 1330. The third-order valence-electron chi connectivity index (χ3n) is 6.09. The molecule has 1 saturated carbocycles.